The van der Waals surface area contributed by atoms with Crippen LogP contribution in [0.2, 0.25) is 0 Å². The summed E-state index contributed by atoms with van der Waals surface area (Å²) >= 11 is 3.28. The monoisotopic (exact) mass is 269 g/mol. The first-order chi connectivity index (χ1) is 7.25. The molecule has 2 aromatic rings. The summed E-state index contributed by atoms with van der Waals surface area (Å²) in [6.45, 7) is 2.83. The molecule has 0 bridgehead atoms. The van der Waals surface area contributed by atoms with Crippen LogP contribution in [0.3, 0.4) is 0 Å². The first-order valence-corrected chi connectivity index (χ1v) is 5.51. The number of nitrogens with zero attached hydrogens (tertiary/aromatic N) is 1. The molecular weight excluding hydrogens is 258 g/mol. The molecule has 0 aliphatic rings. The zero-order chi connectivity index (χ0) is 10.7. The van der Waals surface area contributed by atoms with Crippen molar-refractivity contribution in [2.45, 2.75) is 19.5 Å². The van der Waals surface area contributed by atoms with Gasteiger partial charge in [0, 0.05) is 18.3 Å². The maximum absolute atomic E-state index is 5.45. The van der Waals surface area contributed by atoms with Gasteiger partial charge in [-0.2, -0.15) is 5.10 Å². The molecule has 2 rings (SSSR count). The van der Waals surface area contributed by atoms with Gasteiger partial charge in [0.05, 0.1) is 12.2 Å². The summed E-state index contributed by atoms with van der Waals surface area (Å²) in [6, 6.07) is 4.04. The molecule has 4 nitrogen and oxygen atoms in total. The Morgan fingerprint density at radius 3 is 3.07 bits per heavy atom. The summed E-state index contributed by atoms with van der Waals surface area (Å²) in [4.78, 5) is 0. The van der Waals surface area contributed by atoms with Crippen molar-refractivity contribution in [2.24, 2.45) is 0 Å². The van der Waals surface area contributed by atoms with Crippen LogP contribution in [-0.2, 0) is 6.54 Å². The zero-order valence-corrected chi connectivity index (χ0v) is 9.91. The van der Waals surface area contributed by atoms with Gasteiger partial charge in [-0.25, -0.2) is 0 Å². The van der Waals surface area contributed by atoms with E-state index >= 15 is 0 Å². The Morgan fingerprint density at radius 2 is 2.47 bits per heavy atom. The van der Waals surface area contributed by atoms with Crippen LogP contribution in [0.5, 0.6) is 0 Å². The summed E-state index contributed by atoms with van der Waals surface area (Å²) in [7, 11) is 0. The van der Waals surface area contributed by atoms with Gasteiger partial charge < -0.3 is 9.73 Å². The molecule has 2 aromatic heterocycles. The summed E-state index contributed by atoms with van der Waals surface area (Å²) in [5.41, 5.74) is 1.13. The van der Waals surface area contributed by atoms with Gasteiger partial charge in [0.25, 0.3) is 0 Å². The maximum Gasteiger partial charge on any atom is 0.169 e. The van der Waals surface area contributed by atoms with Gasteiger partial charge in [-0.1, -0.05) is 0 Å². The largest absolute Gasteiger partial charge is 0.453 e. The second kappa shape index (κ2) is 4.63. The summed E-state index contributed by atoms with van der Waals surface area (Å²) in [6.07, 6.45) is 3.68. The van der Waals surface area contributed by atoms with Crippen molar-refractivity contribution in [1.82, 2.24) is 15.5 Å². The summed E-state index contributed by atoms with van der Waals surface area (Å²) < 4.78 is 6.20. The van der Waals surface area contributed by atoms with E-state index in [9.17, 15) is 0 Å². The number of halogens is 1. The quantitative estimate of drug-likeness (QED) is 0.897. The Bertz CT molecular complexity index is 410. The van der Waals surface area contributed by atoms with Crippen molar-refractivity contribution in [2.75, 3.05) is 0 Å². The minimum Gasteiger partial charge on any atom is -0.453 e. The number of hydrogen-bond donors (Lipinski definition) is 2. The van der Waals surface area contributed by atoms with E-state index in [4.69, 9.17) is 4.42 Å². The SMILES string of the molecule is CC(NCc1cn[nH]c1)c1ccc(Br)o1. The fourth-order valence-corrected chi connectivity index (χ4v) is 1.63. The Hall–Kier alpha value is -1.07. The lowest BCUT2D eigenvalue weighted by molar-refractivity contribution is 0.418. The third-order valence-corrected chi connectivity index (χ3v) is 2.61. The third kappa shape index (κ3) is 2.70. The average molecular weight is 270 g/mol. The Balaban J connectivity index is 1.90. The molecule has 0 spiro atoms. The van der Waals surface area contributed by atoms with E-state index in [1.54, 1.807) is 6.20 Å². The summed E-state index contributed by atoms with van der Waals surface area (Å²) in [5, 5.41) is 10.00. The number of rotatable bonds is 4. The van der Waals surface area contributed by atoms with Gasteiger partial charge in [-0.05, 0) is 35.0 Å². The van der Waals surface area contributed by atoms with Crippen LogP contribution in [0.4, 0.5) is 0 Å². The molecule has 0 radical (unpaired) electrons. The van der Waals surface area contributed by atoms with Crippen molar-refractivity contribution in [3.05, 3.63) is 40.5 Å². The molecule has 80 valence electrons. The molecule has 5 heteroatoms. The van der Waals surface area contributed by atoms with Gasteiger partial charge in [-0.3, -0.25) is 5.10 Å². The molecule has 0 saturated heterocycles. The molecule has 0 fully saturated rings. The van der Waals surface area contributed by atoms with Crippen LogP contribution < -0.4 is 5.32 Å². The highest BCUT2D eigenvalue weighted by atomic mass is 79.9. The lowest BCUT2D eigenvalue weighted by Crippen LogP contribution is -2.17. The highest BCUT2D eigenvalue weighted by molar-refractivity contribution is 9.10. The Labute approximate surface area is 96.2 Å². The predicted octanol–water partition coefficient (Wildman–Crippen LogP) is 2.62. The predicted molar refractivity (Wildman–Crippen MR) is 60.3 cm³/mol. The second-order valence-electron chi connectivity index (χ2n) is 3.35. The molecule has 15 heavy (non-hydrogen) atoms. The molecule has 0 amide bonds. The van der Waals surface area contributed by atoms with E-state index in [1.807, 2.05) is 18.3 Å². The molecule has 2 heterocycles. The van der Waals surface area contributed by atoms with Gasteiger partial charge in [0.15, 0.2) is 4.67 Å². The molecule has 1 atom stereocenters. The highest BCUT2D eigenvalue weighted by Gasteiger charge is 2.09. The average Bonchev–Trinajstić information content (AvgIpc) is 2.84. The molecule has 0 aromatic carbocycles. The van der Waals surface area contributed by atoms with Crippen molar-refractivity contribution in [1.29, 1.82) is 0 Å². The van der Waals surface area contributed by atoms with Gasteiger partial charge in [0.2, 0.25) is 0 Å². The van der Waals surface area contributed by atoms with Crippen molar-refractivity contribution in [3.8, 4) is 0 Å². The number of hydrogen-bond acceptors (Lipinski definition) is 3. The van der Waals surface area contributed by atoms with E-state index in [0.29, 0.717) is 0 Å². The Kier molecular flexibility index (Phi) is 3.23. The van der Waals surface area contributed by atoms with E-state index in [2.05, 4.69) is 38.4 Å². The zero-order valence-electron chi connectivity index (χ0n) is 8.33. The topological polar surface area (TPSA) is 53.9 Å². The lowest BCUT2D eigenvalue weighted by Gasteiger charge is -2.09. The fourth-order valence-electron chi connectivity index (χ4n) is 1.31. The van der Waals surface area contributed by atoms with Gasteiger partial charge in [0.1, 0.15) is 5.76 Å². The minimum absolute atomic E-state index is 0.186. The number of furan rings is 1. The molecule has 0 saturated carbocycles. The fraction of sp³-hybridized carbons (Fsp3) is 0.300. The third-order valence-electron chi connectivity index (χ3n) is 2.19. The van der Waals surface area contributed by atoms with E-state index in [0.717, 1.165) is 22.5 Å². The van der Waals surface area contributed by atoms with Crippen LogP contribution in [-0.4, -0.2) is 10.2 Å². The normalized spacial score (nSPS) is 12.9. The molecule has 0 aliphatic heterocycles. The number of aromatic nitrogens is 2. The van der Waals surface area contributed by atoms with E-state index in [1.165, 1.54) is 0 Å². The second-order valence-corrected chi connectivity index (χ2v) is 4.13. The highest BCUT2D eigenvalue weighted by Crippen LogP contribution is 2.20. The van der Waals surface area contributed by atoms with Crippen LogP contribution >= 0.6 is 15.9 Å². The maximum atomic E-state index is 5.45. The smallest absolute Gasteiger partial charge is 0.169 e. The van der Waals surface area contributed by atoms with Crippen LogP contribution in [0, 0.1) is 0 Å². The molecule has 2 N–H and O–H groups in total. The Morgan fingerprint density at radius 1 is 1.60 bits per heavy atom. The number of H-pyrrole nitrogens is 1. The van der Waals surface area contributed by atoms with E-state index < -0.39 is 0 Å². The minimum atomic E-state index is 0.186. The van der Waals surface area contributed by atoms with Gasteiger partial charge >= 0.3 is 0 Å². The number of aromatic amines is 1. The van der Waals surface area contributed by atoms with Gasteiger partial charge in [-0.15, -0.1) is 0 Å². The number of nitrogens with one attached hydrogen (secondary N) is 2. The first-order valence-electron chi connectivity index (χ1n) is 4.72. The van der Waals surface area contributed by atoms with E-state index in [-0.39, 0.29) is 6.04 Å². The van der Waals surface area contributed by atoms with Crippen molar-refractivity contribution >= 4 is 15.9 Å². The van der Waals surface area contributed by atoms with Crippen LogP contribution in [0.1, 0.15) is 24.3 Å². The van der Waals surface area contributed by atoms with Crippen molar-refractivity contribution < 1.29 is 4.42 Å². The molecule has 1 unspecified atom stereocenters. The van der Waals surface area contributed by atoms with Crippen LogP contribution in [0.25, 0.3) is 0 Å². The summed E-state index contributed by atoms with van der Waals surface area (Å²) in [5.74, 6) is 0.922. The van der Waals surface area contributed by atoms with Crippen LogP contribution in [0.15, 0.2) is 33.6 Å². The lowest BCUT2D eigenvalue weighted by atomic mass is 10.2. The van der Waals surface area contributed by atoms with Crippen molar-refractivity contribution in [3.63, 3.8) is 0 Å². The first kappa shape index (κ1) is 10.4. The molecular formula is C10H12BrN3O. The standard InChI is InChI=1S/C10H12BrN3O/c1-7(9-2-3-10(11)15-9)12-4-8-5-13-14-6-8/h2-3,5-7,12H,4H2,1H3,(H,13,14). The molecule has 0 aliphatic carbocycles.